The van der Waals surface area contributed by atoms with Gasteiger partial charge >= 0.3 is 0 Å². The Morgan fingerprint density at radius 3 is 2.53 bits per heavy atom. The number of halogens is 3. The van der Waals surface area contributed by atoms with E-state index in [0.717, 1.165) is 13.0 Å². The van der Waals surface area contributed by atoms with Crippen molar-refractivity contribution in [3.05, 3.63) is 28.2 Å². The summed E-state index contributed by atoms with van der Waals surface area (Å²) in [6, 6.07) is 4.35. The molecule has 1 atom stereocenters. The first-order valence-corrected chi connectivity index (χ1v) is 7.76. The fourth-order valence-electron chi connectivity index (χ4n) is 1.95. The lowest BCUT2D eigenvalue weighted by molar-refractivity contribution is 0.388. The molecular formula is C11H15Cl3N2O2S. The molecule has 1 heterocycles. The van der Waals surface area contributed by atoms with Crippen LogP contribution in [0.2, 0.25) is 10.0 Å². The van der Waals surface area contributed by atoms with Gasteiger partial charge in [-0.15, -0.1) is 12.4 Å². The van der Waals surface area contributed by atoms with Crippen LogP contribution in [0.25, 0.3) is 0 Å². The lowest BCUT2D eigenvalue weighted by Gasteiger charge is -2.23. The largest absolute Gasteiger partial charge is 0.315 e. The fraction of sp³-hybridized carbons (Fsp3) is 0.455. The smallest absolute Gasteiger partial charge is 0.243 e. The average molecular weight is 346 g/mol. The predicted octanol–water partition coefficient (Wildman–Crippen LogP) is 2.40. The van der Waals surface area contributed by atoms with Crippen LogP contribution in [0.4, 0.5) is 0 Å². The van der Waals surface area contributed by atoms with Gasteiger partial charge in [-0.25, -0.2) is 8.42 Å². The summed E-state index contributed by atoms with van der Waals surface area (Å²) >= 11 is 11.6. The monoisotopic (exact) mass is 344 g/mol. The van der Waals surface area contributed by atoms with Gasteiger partial charge in [0.1, 0.15) is 0 Å². The van der Waals surface area contributed by atoms with Crippen LogP contribution in [-0.4, -0.2) is 38.9 Å². The first-order chi connectivity index (χ1) is 8.43. The summed E-state index contributed by atoms with van der Waals surface area (Å²) in [5.41, 5.74) is 0. The molecule has 0 saturated carbocycles. The molecule has 1 saturated heterocycles. The van der Waals surface area contributed by atoms with Gasteiger partial charge in [-0.1, -0.05) is 23.2 Å². The predicted molar refractivity (Wildman–Crippen MR) is 79.9 cm³/mol. The minimum atomic E-state index is -3.51. The molecule has 4 nitrogen and oxygen atoms in total. The Morgan fingerprint density at radius 1 is 1.32 bits per heavy atom. The second-order valence-electron chi connectivity index (χ2n) is 4.24. The summed E-state index contributed by atoms with van der Waals surface area (Å²) < 4.78 is 26.2. The molecule has 2 rings (SSSR count). The molecule has 108 valence electrons. The Labute approximate surface area is 129 Å². The van der Waals surface area contributed by atoms with E-state index in [0.29, 0.717) is 11.6 Å². The van der Waals surface area contributed by atoms with Crippen molar-refractivity contribution in [3.8, 4) is 0 Å². The third kappa shape index (κ3) is 3.54. The molecule has 0 aliphatic carbocycles. The zero-order valence-corrected chi connectivity index (χ0v) is 13.4. The molecule has 1 unspecified atom stereocenters. The fourth-order valence-corrected chi connectivity index (χ4v) is 3.72. The number of rotatable bonds is 3. The Hall–Kier alpha value is -0.0400. The molecule has 0 spiro atoms. The van der Waals surface area contributed by atoms with Gasteiger partial charge in [0.15, 0.2) is 0 Å². The first-order valence-electron chi connectivity index (χ1n) is 5.57. The van der Waals surface area contributed by atoms with Crippen molar-refractivity contribution in [1.82, 2.24) is 9.62 Å². The van der Waals surface area contributed by atoms with Crippen molar-refractivity contribution < 1.29 is 8.42 Å². The highest BCUT2D eigenvalue weighted by Crippen LogP contribution is 2.27. The van der Waals surface area contributed by atoms with Gasteiger partial charge in [0, 0.05) is 19.6 Å². The maximum Gasteiger partial charge on any atom is 0.243 e. The summed E-state index contributed by atoms with van der Waals surface area (Å²) in [6.07, 6.45) is 0.817. The van der Waals surface area contributed by atoms with Crippen molar-refractivity contribution in [2.45, 2.75) is 17.4 Å². The molecule has 1 aromatic carbocycles. The SMILES string of the molecule is CN(C1CCNC1)S(=O)(=O)c1ccc(Cl)c(Cl)c1.Cl. The molecule has 0 bridgehead atoms. The molecule has 1 aliphatic heterocycles. The minimum absolute atomic E-state index is 0. The molecule has 1 aliphatic rings. The van der Waals surface area contributed by atoms with E-state index in [2.05, 4.69) is 5.32 Å². The van der Waals surface area contributed by atoms with Crippen LogP contribution in [0.15, 0.2) is 23.1 Å². The molecule has 0 aromatic heterocycles. The van der Waals surface area contributed by atoms with Gasteiger partial charge in [-0.05, 0) is 31.2 Å². The van der Waals surface area contributed by atoms with E-state index in [-0.39, 0.29) is 28.4 Å². The molecule has 8 heteroatoms. The highest BCUT2D eigenvalue weighted by molar-refractivity contribution is 7.89. The van der Waals surface area contributed by atoms with E-state index in [4.69, 9.17) is 23.2 Å². The normalized spacial score (nSPS) is 19.5. The molecule has 0 amide bonds. The third-order valence-electron chi connectivity index (χ3n) is 3.12. The third-order valence-corrected chi connectivity index (χ3v) is 5.76. The number of hydrogen-bond donors (Lipinski definition) is 1. The average Bonchev–Trinajstić information content (AvgIpc) is 2.85. The van der Waals surface area contributed by atoms with Crippen LogP contribution in [-0.2, 0) is 10.0 Å². The number of hydrogen-bond acceptors (Lipinski definition) is 3. The summed E-state index contributed by atoms with van der Waals surface area (Å²) in [5.74, 6) is 0. The number of nitrogens with zero attached hydrogens (tertiary/aromatic N) is 1. The van der Waals surface area contributed by atoms with Crippen LogP contribution < -0.4 is 5.32 Å². The highest BCUT2D eigenvalue weighted by Gasteiger charge is 2.30. The van der Waals surface area contributed by atoms with E-state index >= 15 is 0 Å². The van der Waals surface area contributed by atoms with Crippen LogP contribution in [0.3, 0.4) is 0 Å². The van der Waals surface area contributed by atoms with Crippen molar-refractivity contribution in [3.63, 3.8) is 0 Å². The lowest BCUT2D eigenvalue weighted by atomic mass is 10.3. The first kappa shape index (κ1) is 17.0. The molecular weight excluding hydrogens is 331 g/mol. The number of nitrogens with one attached hydrogen (secondary N) is 1. The van der Waals surface area contributed by atoms with Gasteiger partial charge in [-0.3, -0.25) is 0 Å². The van der Waals surface area contributed by atoms with E-state index in [1.54, 1.807) is 7.05 Å². The van der Waals surface area contributed by atoms with E-state index in [1.807, 2.05) is 0 Å². The van der Waals surface area contributed by atoms with Gasteiger partial charge in [0.25, 0.3) is 0 Å². The van der Waals surface area contributed by atoms with Crippen LogP contribution >= 0.6 is 35.6 Å². The molecule has 0 radical (unpaired) electrons. The Kier molecular flexibility index (Phi) is 5.92. The summed E-state index contributed by atoms with van der Waals surface area (Å²) in [6.45, 7) is 1.52. The summed E-state index contributed by atoms with van der Waals surface area (Å²) in [4.78, 5) is 0.173. The van der Waals surface area contributed by atoms with Crippen molar-refractivity contribution in [1.29, 1.82) is 0 Å². The molecule has 1 fully saturated rings. The highest BCUT2D eigenvalue weighted by atomic mass is 35.5. The number of likely N-dealkylation sites (N-methyl/N-ethyl adjacent to an activating group) is 1. The number of benzene rings is 1. The Morgan fingerprint density at radius 2 is 2.00 bits per heavy atom. The number of sulfonamides is 1. The van der Waals surface area contributed by atoms with E-state index < -0.39 is 10.0 Å². The zero-order valence-electron chi connectivity index (χ0n) is 10.3. The second-order valence-corrected chi connectivity index (χ2v) is 7.06. The summed E-state index contributed by atoms with van der Waals surface area (Å²) in [7, 11) is -1.92. The van der Waals surface area contributed by atoms with Crippen molar-refractivity contribution in [2.75, 3.05) is 20.1 Å². The Balaban J connectivity index is 0.00000180. The topological polar surface area (TPSA) is 49.4 Å². The second kappa shape index (κ2) is 6.61. The van der Waals surface area contributed by atoms with Crippen molar-refractivity contribution in [2.24, 2.45) is 0 Å². The molecule has 19 heavy (non-hydrogen) atoms. The van der Waals surface area contributed by atoms with Crippen LogP contribution in [0, 0.1) is 0 Å². The van der Waals surface area contributed by atoms with Gasteiger partial charge in [0.2, 0.25) is 10.0 Å². The van der Waals surface area contributed by atoms with Crippen LogP contribution in [0.5, 0.6) is 0 Å². The molecule has 1 N–H and O–H groups in total. The Bertz CT molecular complexity index is 545. The van der Waals surface area contributed by atoms with E-state index in [1.165, 1.54) is 22.5 Å². The minimum Gasteiger partial charge on any atom is -0.315 e. The summed E-state index contributed by atoms with van der Waals surface area (Å²) in [5, 5.41) is 3.74. The van der Waals surface area contributed by atoms with E-state index in [9.17, 15) is 8.42 Å². The van der Waals surface area contributed by atoms with Crippen molar-refractivity contribution >= 4 is 45.6 Å². The maximum absolute atomic E-state index is 12.4. The van der Waals surface area contributed by atoms with Gasteiger partial charge in [-0.2, -0.15) is 4.31 Å². The lowest BCUT2D eigenvalue weighted by Crippen LogP contribution is -2.38. The standard InChI is InChI=1S/C11H14Cl2N2O2S.ClH/c1-15(8-4-5-14-7-8)18(16,17)9-2-3-10(12)11(13)6-9;/h2-3,6,8,14H,4-5,7H2,1H3;1H. The maximum atomic E-state index is 12.4. The van der Waals surface area contributed by atoms with Gasteiger partial charge in [0.05, 0.1) is 14.9 Å². The zero-order chi connectivity index (χ0) is 13.3. The quantitative estimate of drug-likeness (QED) is 0.915. The molecule has 1 aromatic rings. The van der Waals surface area contributed by atoms with Crippen LogP contribution in [0.1, 0.15) is 6.42 Å². The van der Waals surface area contributed by atoms with Gasteiger partial charge < -0.3 is 5.32 Å².